The smallest absolute Gasteiger partial charge is 0.108 e. The molecule has 0 aliphatic carbocycles. The van der Waals surface area contributed by atoms with E-state index in [0.29, 0.717) is 5.57 Å². The summed E-state index contributed by atoms with van der Waals surface area (Å²) in [5, 5.41) is 0. The third-order valence-corrected chi connectivity index (χ3v) is 1.60. The second-order valence-corrected chi connectivity index (χ2v) is 3.88. The van der Waals surface area contributed by atoms with Crippen molar-refractivity contribution in [2.75, 3.05) is 13.2 Å². The fourth-order valence-electron chi connectivity index (χ4n) is 0.680. The normalized spacial score (nSPS) is 14.9. The summed E-state index contributed by atoms with van der Waals surface area (Å²) in [4.78, 5) is 0. The second kappa shape index (κ2) is 5.12. The molecule has 0 fully saturated rings. The van der Waals surface area contributed by atoms with E-state index in [9.17, 15) is 8.78 Å². The Labute approximate surface area is 78.3 Å². The Morgan fingerprint density at radius 2 is 1.92 bits per heavy atom. The van der Waals surface area contributed by atoms with Gasteiger partial charge in [-0.15, -0.1) is 0 Å². The van der Waals surface area contributed by atoms with Crippen LogP contribution in [0.3, 0.4) is 0 Å². The van der Waals surface area contributed by atoms with Gasteiger partial charge in [-0.3, -0.25) is 0 Å². The van der Waals surface area contributed by atoms with E-state index in [4.69, 9.17) is 5.73 Å². The monoisotopic (exact) mass is 189 g/mol. The summed E-state index contributed by atoms with van der Waals surface area (Å²) < 4.78 is 25.2. The predicted molar refractivity (Wildman–Crippen MR) is 51.8 cm³/mol. The van der Waals surface area contributed by atoms with E-state index in [-0.39, 0.29) is 12.4 Å². The minimum Gasteiger partial charge on any atom is -0.327 e. The molecule has 0 radical (unpaired) electrons. The van der Waals surface area contributed by atoms with Crippen molar-refractivity contribution in [2.45, 2.75) is 20.8 Å². The van der Waals surface area contributed by atoms with Crippen molar-refractivity contribution in [1.29, 1.82) is 0 Å². The van der Waals surface area contributed by atoms with Crippen LogP contribution in [0.15, 0.2) is 23.6 Å². The maximum atomic E-state index is 13.3. The molecule has 0 aliphatic rings. The van der Waals surface area contributed by atoms with E-state index in [1.54, 1.807) is 20.8 Å². The highest BCUT2D eigenvalue weighted by molar-refractivity contribution is 5.24. The summed E-state index contributed by atoms with van der Waals surface area (Å²) in [7, 11) is 0. The van der Waals surface area contributed by atoms with Gasteiger partial charge in [0, 0.05) is 12.0 Å². The average molecular weight is 189 g/mol. The van der Waals surface area contributed by atoms with Gasteiger partial charge in [0.2, 0.25) is 0 Å². The lowest BCUT2D eigenvalue weighted by Crippen LogP contribution is -2.08. The summed E-state index contributed by atoms with van der Waals surface area (Å²) in [6.45, 7) is 4.81. The Kier molecular flexibility index (Phi) is 4.85. The molecule has 0 aromatic carbocycles. The van der Waals surface area contributed by atoms with Crippen LogP contribution in [0.5, 0.6) is 0 Å². The Balaban J connectivity index is 4.62. The Morgan fingerprint density at radius 3 is 2.23 bits per heavy atom. The average Bonchev–Trinajstić information content (AvgIpc) is 2.01. The van der Waals surface area contributed by atoms with Crippen LogP contribution in [-0.2, 0) is 0 Å². The van der Waals surface area contributed by atoms with E-state index in [0.717, 1.165) is 0 Å². The number of hydrogen-bond acceptors (Lipinski definition) is 1. The lowest BCUT2D eigenvalue weighted by atomic mass is 9.93. The minimum atomic E-state index is -0.611. The van der Waals surface area contributed by atoms with E-state index < -0.39 is 12.1 Å². The molecule has 0 amide bonds. The van der Waals surface area contributed by atoms with E-state index in [2.05, 4.69) is 0 Å². The van der Waals surface area contributed by atoms with Gasteiger partial charge in [0.1, 0.15) is 12.5 Å². The molecule has 0 bridgehead atoms. The summed E-state index contributed by atoms with van der Waals surface area (Å²) >= 11 is 0. The molecule has 76 valence electrons. The zero-order chi connectivity index (χ0) is 10.5. The first kappa shape index (κ1) is 12.3. The van der Waals surface area contributed by atoms with Crippen LogP contribution < -0.4 is 5.73 Å². The standard InChI is InChI=1S/C10H17F2N/c1-10(2,3)9(12)6-8(7-13)4-5-11/h4,6H,5,7,13H2,1-3H3/b8-4+,9-6+. The number of nitrogens with two attached hydrogens (primary N) is 1. The maximum Gasteiger partial charge on any atom is 0.108 e. The highest BCUT2D eigenvalue weighted by Gasteiger charge is 2.16. The molecule has 1 nitrogen and oxygen atoms in total. The third-order valence-electron chi connectivity index (χ3n) is 1.60. The van der Waals surface area contributed by atoms with Crippen molar-refractivity contribution in [1.82, 2.24) is 0 Å². The number of allylic oxidation sites excluding steroid dienone is 2. The predicted octanol–water partition coefficient (Wildman–Crippen LogP) is 2.74. The summed E-state index contributed by atoms with van der Waals surface area (Å²) in [6, 6.07) is 0. The van der Waals surface area contributed by atoms with Crippen LogP contribution in [0.1, 0.15) is 20.8 Å². The van der Waals surface area contributed by atoms with Crippen molar-refractivity contribution >= 4 is 0 Å². The molecule has 0 rings (SSSR count). The van der Waals surface area contributed by atoms with Gasteiger partial charge in [0.25, 0.3) is 0 Å². The van der Waals surface area contributed by atoms with E-state index in [1.165, 1.54) is 12.2 Å². The number of halogens is 2. The van der Waals surface area contributed by atoms with Crippen LogP contribution in [0.4, 0.5) is 8.78 Å². The van der Waals surface area contributed by atoms with Gasteiger partial charge < -0.3 is 5.73 Å². The molecule has 0 aromatic rings. The van der Waals surface area contributed by atoms with Gasteiger partial charge in [-0.05, 0) is 17.7 Å². The molecule has 0 saturated heterocycles. The largest absolute Gasteiger partial charge is 0.327 e. The molecular formula is C10H17F2N. The summed E-state index contributed by atoms with van der Waals surface area (Å²) in [5.41, 5.74) is 5.26. The van der Waals surface area contributed by atoms with Crippen molar-refractivity contribution in [3.63, 3.8) is 0 Å². The number of hydrogen-bond donors (Lipinski definition) is 1. The Hall–Kier alpha value is -0.700. The maximum absolute atomic E-state index is 13.3. The lowest BCUT2D eigenvalue weighted by molar-refractivity contribution is 0.383. The van der Waals surface area contributed by atoms with E-state index >= 15 is 0 Å². The zero-order valence-corrected chi connectivity index (χ0v) is 8.40. The SMILES string of the molecule is CC(C)(C)/C(F)=C\C(=C/CF)CN. The summed E-state index contributed by atoms with van der Waals surface area (Å²) in [5.74, 6) is -0.280. The fraction of sp³-hybridized carbons (Fsp3) is 0.600. The molecule has 2 N–H and O–H groups in total. The van der Waals surface area contributed by atoms with Crippen LogP contribution in [0.25, 0.3) is 0 Å². The highest BCUT2D eigenvalue weighted by Crippen LogP contribution is 2.26. The quantitative estimate of drug-likeness (QED) is 0.679. The third kappa shape index (κ3) is 4.78. The van der Waals surface area contributed by atoms with Crippen LogP contribution in [0.2, 0.25) is 0 Å². The first-order chi connectivity index (χ1) is 5.91. The zero-order valence-electron chi connectivity index (χ0n) is 8.40. The van der Waals surface area contributed by atoms with E-state index in [1.807, 2.05) is 0 Å². The molecule has 0 atom stereocenters. The molecule has 3 heteroatoms. The lowest BCUT2D eigenvalue weighted by Gasteiger charge is -2.15. The second-order valence-electron chi connectivity index (χ2n) is 3.88. The molecular weight excluding hydrogens is 172 g/mol. The number of alkyl halides is 1. The van der Waals surface area contributed by atoms with Crippen LogP contribution in [0, 0.1) is 5.41 Å². The van der Waals surface area contributed by atoms with Gasteiger partial charge in [-0.25, -0.2) is 8.78 Å². The fourth-order valence-corrected chi connectivity index (χ4v) is 0.680. The molecule has 0 aliphatic heterocycles. The highest BCUT2D eigenvalue weighted by atomic mass is 19.1. The van der Waals surface area contributed by atoms with Gasteiger partial charge in [-0.1, -0.05) is 20.8 Å². The van der Waals surface area contributed by atoms with Gasteiger partial charge in [0.05, 0.1) is 0 Å². The van der Waals surface area contributed by atoms with Crippen molar-refractivity contribution < 1.29 is 8.78 Å². The van der Waals surface area contributed by atoms with Gasteiger partial charge in [0.15, 0.2) is 0 Å². The first-order valence-corrected chi connectivity index (χ1v) is 4.24. The molecule has 0 spiro atoms. The van der Waals surface area contributed by atoms with Gasteiger partial charge in [-0.2, -0.15) is 0 Å². The van der Waals surface area contributed by atoms with Crippen molar-refractivity contribution in [3.05, 3.63) is 23.6 Å². The Morgan fingerprint density at radius 1 is 1.38 bits per heavy atom. The van der Waals surface area contributed by atoms with Crippen LogP contribution in [-0.4, -0.2) is 13.2 Å². The Bertz CT molecular complexity index is 211. The minimum absolute atomic E-state index is 0.160. The molecule has 0 aromatic heterocycles. The first-order valence-electron chi connectivity index (χ1n) is 4.24. The van der Waals surface area contributed by atoms with Crippen molar-refractivity contribution in [2.24, 2.45) is 11.1 Å². The summed E-state index contributed by atoms with van der Waals surface area (Å²) in [6.07, 6.45) is 2.59. The molecule has 0 unspecified atom stereocenters. The topological polar surface area (TPSA) is 26.0 Å². The molecule has 0 saturated carbocycles. The van der Waals surface area contributed by atoms with Gasteiger partial charge >= 0.3 is 0 Å². The van der Waals surface area contributed by atoms with Crippen LogP contribution >= 0.6 is 0 Å². The van der Waals surface area contributed by atoms with Crippen molar-refractivity contribution in [3.8, 4) is 0 Å². The molecule has 0 heterocycles. The number of rotatable bonds is 3. The molecule has 13 heavy (non-hydrogen) atoms.